The molecule has 1 aliphatic rings. The van der Waals surface area contributed by atoms with Gasteiger partial charge in [-0.3, -0.25) is 24.5 Å². The number of nitrogens with zero attached hydrogens (tertiary/aromatic N) is 2. The average molecular weight is 397 g/mol. The van der Waals surface area contributed by atoms with Crippen LogP contribution in [0.2, 0.25) is 0 Å². The fourth-order valence-electron chi connectivity index (χ4n) is 3.19. The van der Waals surface area contributed by atoms with Gasteiger partial charge in [-0.2, -0.15) is 0 Å². The highest BCUT2D eigenvalue weighted by Gasteiger charge is 2.37. The van der Waals surface area contributed by atoms with E-state index in [1.165, 1.54) is 17.0 Å². The molecule has 1 N–H and O–H groups in total. The first-order valence-electron chi connectivity index (χ1n) is 9.03. The van der Waals surface area contributed by atoms with Gasteiger partial charge in [0.15, 0.2) is 0 Å². The second-order valence-electron chi connectivity index (χ2n) is 6.34. The maximum atomic E-state index is 13.3. The Kier molecular flexibility index (Phi) is 5.87. The van der Waals surface area contributed by atoms with Crippen LogP contribution in [-0.4, -0.2) is 40.8 Å². The van der Waals surface area contributed by atoms with Gasteiger partial charge in [0.25, 0.3) is 17.5 Å². The lowest BCUT2D eigenvalue weighted by atomic mass is 10.0. The number of carbonyl (C=O) groups is 3. The zero-order valence-electron chi connectivity index (χ0n) is 15.7. The molecule has 0 saturated heterocycles. The number of carbonyl (C=O) groups excluding carboxylic acids is 3. The van der Waals surface area contributed by atoms with Gasteiger partial charge in [0.05, 0.1) is 29.2 Å². The Morgan fingerprint density at radius 3 is 2.59 bits per heavy atom. The minimum Gasteiger partial charge on any atom is -0.466 e. The second-order valence-corrected chi connectivity index (χ2v) is 6.34. The summed E-state index contributed by atoms with van der Waals surface area (Å²) in [6.45, 7) is 1.79. The van der Waals surface area contributed by atoms with E-state index in [1.807, 2.05) is 0 Å². The van der Waals surface area contributed by atoms with Crippen LogP contribution < -0.4 is 5.32 Å². The molecule has 3 rings (SSSR count). The first-order valence-corrected chi connectivity index (χ1v) is 9.03. The van der Waals surface area contributed by atoms with Crippen LogP contribution in [0.4, 0.5) is 11.4 Å². The highest BCUT2D eigenvalue weighted by molar-refractivity contribution is 6.10. The van der Waals surface area contributed by atoms with Gasteiger partial charge >= 0.3 is 5.97 Å². The molecular formula is C20H19N3O6. The van der Waals surface area contributed by atoms with Gasteiger partial charge in [0, 0.05) is 18.7 Å². The van der Waals surface area contributed by atoms with Gasteiger partial charge in [-0.05, 0) is 18.6 Å². The first-order chi connectivity index (χ1) is 13.9. The number of nitro groups is 1. The van der Waals surface area contributed by atoms with Crippen LogP contribution in [0.5, 0.6) is 0 Å². The normalized spacial score (nSPS) is 15.9. The van der Waals surface area contributed by atoms with E-state index in [0.29, 0.717) is 5.56 Å². The van der Waals surface area contributed by atoms with Crippen molar-refractivity contribution < 1.29 is 24.0 Å². The van der Waals surface area contributed by atoms with Crippen molar-refractivity contribution in [2.24, 2.45) is 0 Å². The van der Waals surface area contributed by atoms with Crippen molar-refractivity contribution in [3.63, 3.8) is 0 Å². The molecule has 1 aliphatic heterocycles. The van der Waals surface area contributed by atoms with Gasteiger partial charge in [-0.15, -0.1) is 0 Å². The molecule has 0 aliphatic carbocycles. The number of hydrogen-bond acceptors (Lipinski definition) is 6. The standard InChI is InChI=1S/C20H19N3O6/c1-2-29-17(24)10-11-22-18(13-6-4-3-5-7-13)19(25)21-16-9-8-14(23(27)28)12-15(16)20(22)26/h3-9,12,18H,2,10-11H2,1H3,(H,21,25)/t18-/m0/s1. The lowest BCUT2D eigenvalue weighted by Gasteiger charge is -2.28. The van der Waals surface area contributed by atoms with E-state index in [9.17, 15) is 24.5 Å². The Hall–Kier alpha value is -3.75. The van der Waals surface area contributed by atoms with E-state index in [-0.39, 0.29) is 36.5 Å². The van der Waals surface area contributed by atoms with Gasteiger partial charge in [-0.25, -0.2) is 0 Å². The largest absolute Gasteiger partial charge is 0.466 e. The monoisotopic (exact) mass is 397 g/mol. The highest BCUT2D eigenvalue weighted by atomic mass is 16.6. The van der Waals surface area contributed by atoms with Crippen molar-refractivity contribution in [3.05, 3.63) is 69.8 Å². The molecule has 9 heteroatoms. The van der Waals surface area contributed by atoms with E-state index in [1.54, 1.807) is 37.3 Å². The van der Waals surface area contributed by atoms with E-state index < -0.39 is 28.7 Å². The Bertz CT molecular complexity index is 960. The average Bonchev–Trinajstić information content (AvgIpc) is 2.81. The van der Waals surface area contributed by atoms with E-state index in [0.717, 1.165) is 6.07 Å². The molecule has 1 atom stereocenters. The molecule has 2 amide bonds. The number of benzene rings is 2. The van der Waals surface area contributed by atoms with Crippen LogP contribution in [0.25, 0.3) is 0 Å². The first kappa shape index (κ1) is 20.0. The molecule has 29 heavy (non-hydrogen) atoms. The molecule has 0 aromatic heterocycles. The molecule has 0 saturated carbocycles. The van der Waals surface area contributed by atoms with Crippen molar-refractivity contribution in [3.8, 4) is 0 Å². The molecule has 2 aromatic rings. The van der Waals surface area contributed by atoms with Gasteiger partial charge < -0.3 is 15.0 Å². The topological polar surface area (TPSA) is 119 Å². The van der Waals surface area contributed by atoms with Gasteiger partial charge in [-0.1, -0.05) is 30.3 Å². The van der Waals surface area contributed by atoms with Crippen LogP contribution in [-0.2, 0) is 14.3 Å². The van der Waals surface area contributed by atoms with Crippen LogP contribution in [0.15, 0.2) is 48.5 Å². The molecule has 0 fully saturated rings. The minimum absolute atomic E-state index is 0.00478. The summed E-state index contributed by atoms with van der Waals surface area (Å²) in [4.78, 5) is 49.8. The van der Waals surface area contributed by atoms with Crippen LogP contribution in [0.3, 0.4) is 0 Å². The molecule has 1 heterocycles. The van der Waals surface area contributed by atoms with E-state index >= 15 is 0 Å². The quantitative estimate of drug-likeness (QED) is 0.455. The SMILES string of the molecule is CCOC(=O)CCN1C(=O)c2cc([N+](=O)[O-])ccc2NC(=O)[C@@H]1c1ccccc1. The maximum absolute atomic E-state index is 13.3. The molecule has 150 valence electrons. The summed E-state index contributed by atoms with van der Waals surface area (Å²) in [5, 5.41) is 13.8. The molecule has 2 aromatic carbocycles. The lowest BCUT2D eigenvalue weighted by molar-refractivity contribution is -0.384. The molecule has 0 bridgehead atoms. The lowest BCUT2D eigenvalue weighted by Crippen LogP contribution is -2.40. The number of ether oxygens (including phenoxy) is 1. The van der Waals surface area contributed by atoms with Crippen LogP contribution >= 0.6 is 0 Å². The molecular weight excluding hydrogens is 378 g/mol. The zero-order valence-corrected chi connectivity index (χ0v) is 15.7. The van der Waals surface area contributed by atoms with Gasteiger partial charge in [0.2, 0.25) is 0 Å². The number of non-ortho nitro benzene ring substituents is 1. The number of fused-ring (bicyclic) bond motifs is 1. The minimum atomic E-state index is -0.996. The predicted molar refractivity (Wildman–Crippen MR) is 103 cm³/mol. The summed E-state index contributed by atoms with van der Waals surface area (Å²) >= 11 is 0. The molecule has 0 radical (unpaired) electrons. The van der Waals surface area contributed by atoms with Crippen molar-refractivity contribution in [1.29, 1.82) is 0 Å². The zero-order chi connectivity index (χ0) is 21.0. The number of nitrogens with one attached hydrogen (secondary N) is 1. The summed E-state index contributed by atoms with van der Waals surface area (Å²) in [5.74, 6) is -1.56. The molecule has 9 nitrogen and oxygen atoms in total. The number of hydrogen-bond donors (Lipinski definition) is 1. The Labute approximate surface area is 166 Å². The van der Waals surface area contributed by atoms with E-state index in [4.69, 9.17) is 4.74 Å². The summed E-state index contributed by atoms with van der Waals surface area (Å²) < 4.78 is 4.92. The Balaban J connectivity index is 2.04. The third-order valence-corrected chi connectivity index (χ3v) is 4.50. The maximum Gasteiger partial charge on any atom is 0.307 e. The van der Waals surface area contributed by atoms with Crippen LogP contribution in [0, 0.1) is 10.1 Å². The van der Waals surface area contributed by atoms with Crippen molar-refractivity contribution >= 4 is 29.2 Å². The Morgan fingerprint density at radius 1 is 1.21 bits per heavy atom. The number of nitro benzene ring substituents is 1. The van der Waals surface area contributed by atoms with Gasteiger partial charge in [0.1, 0.15) is 6.04 Å². The fourth-order valence-corrected chi connectivity index (χ4v) is 3.19. The Morgan fingerprint density at radius 2 is 1.93 bits per heavy atom. The summed E-state index contributed by atoms with van der Waals surface area (Å²) in [5.41, 5.74) is 0.472. The van der Waals surface area contributed by atoms with Crippen molar-refractivity contribution in [1.82, 2.24) is 4.90 Å². The number of anilines is 1. The highest BCUT2D eigenvalue weighted by Crippen LogP contribution is 2.33. The third kappa shape index (κ3) is 4.23. The van der Waals surface area contributed by atoms with Crippen molar-refractivity contribution in [2.45, 2.75) is 19.4 Å². The van der Waals surface area contributed by atoms with E-state index in [2.05, 4.69) is 5.32 Å². The summed E-state index contributed by atoms with van der Waals surface area (Å²) in [7, 11) is 0. The number of amides is 2. The number of esters is 1. The third-order valence-electron chi connectivity index (χ3n) is 4.50. The van der Waals surface area contributed by atoms with Crippen molar-refractivity contribution in [2.75, 3.05) is 18.5 Å². The molecule has 0 unspecified atom stereocenters. The predicted octanol–water partition coefficient (Wildman–Crippen LogP) is 2.68. The summed E-state index contributed by atoms with van der Waals surface area (Å²) in [6.07, 6.45) is -0.111. The fraction of sp³-hybridized carbons (Fsp3) is 0.250. The molecule has 0 spiro atoms. The van der Waals surface area contributed by atoms with Crippen LogP contribution in [0.1, 0.15) is 35.3 Å². The smallest absolute Gasteiger partial charge is 0.307 e. The number of rotatable bonds is 6. The second kappa shape index (κ2) is 8.51. The summed E-state index contributed by atoms with van der Waals surface area (Å²) in [6, 6.07) is 11.3.